The van der Waals surface area contributed by atoms with Gasteiger partial charge in [0.2, 0.25) is 11.8 Å². The van der Waals surface area contributed by atoms with Crippen molar-refractivity contribution in [2.24, 2.45) is 0 Å². The molecular formula is C16H29N3O6. The summed E-state index contributed by atoms with van der Waals surface area (Å²) < 4.78 is 9.84. The summed E-state index contributed by atoms with van der Waals surface area (Å²) >= 11 is 0. The fourth-order valence-corrected chi connectivity index (χ4v) is 1.62. The average Bonchev–Trinajstić information content (AvgIpc) is 2.44. The van der Waals surface area contributed by atoms with E-state index in [-0.39, 0.29) is 6.61 Å². The molecule has 0 spiro atoms. The van der Waals surface area contributed by atoms with Crippen LogP contribution in [0, 0.1) is 0 Å². The number of hydrogen-bond acceptors (Lipinski definition) is 6. The number of ether oxygens (including phenoxy) is 2. The molecule has 0 aromatic carbocycles. The molecule has 0 rings (SSSR count). The van der Waals surface area contributed by atoms with Crippen LogP contribution in [0.5, 0.6) is 0 Å². The molecule has 0 aromatic heterocycles. The number of esters is 1. The van der Waals surface area contributed by atoms with Crippen LogP contribution in [0.2, 0.25) is 0 Å². The largest absolute Gasteiger partial charge is 0.464 e. The zero-order valence-electron chi connectivity index (χ0n) is 15.9. The van der Waals surface area contributed by atoms with E-state index in [2.05, 4.69) is 16.0 Å². The highest BCUT2D eigenvalue weighted by Crippen LogP contribution is 2.06. The zero-order chi connectivity index (χ0) is 19.8. The SMILES string of the molecule is CCOC(=O)[C@H](C)NC(=O)[C@H](C)NC(=O)[C@H](C)NC(=O)OC(C)(C)C. The smallest absolute Gasteiger partial charge is 0.408 e. The number of rotatable bonds is 7. The summed E-state index contributed by atoms with van der Waals surface area (Å²) in [5.41, 5.74) is -0.684. The van der Waals surface area contributed by atoms with Gasteiger partial charge in [0.15, 0.2) is 0 Å². The van der Waals surface area contributed by atoms with Gasteiger partial charge in [-0.1, -0.05) is 0 Å². The lowest BCUT2D eigenvalue weighted by molar-refractivity contribution is -0.147. The van der Waals surface area contributed by atoms with Crippen LogP contribution in [0.4, 0.5) is 4.79 Å². The summed E-state index contributed by atoms with van der Waals surface area (Å²) in [7, 11) is 0. The molecule has 9 nitrogen and oxygen atoms in total. The number of alkyl carbamates (subject to hydrolysis) is 1. The molecule has 0 saturated heterocycles. The molecule has 0 aliphatic carbocycles. The van der Waals surface area contributed by atoms with Gasteiger partial charge >= 0.3 is 12.1 Å². The lowest BCUT2D eigenvalue weighted by Crippen LogP contribution is -2.54. The predicted octanol–water partition coefficient (Wildman–Crippen LogP) is 0.472. The number of nitrogens with one attached hydrogen (secondary N) is 3. The van der Waals surface area contributed by atoms with Crippen molar-refractivity contribution in [2.75, 3.05) is 6.61 Å². The highest BCUT2D eigenvalue weighted by molar-refractivity contribution is 5.92. The summed E-state index contributed by atoms with van der Waals surface area (Å²) in [5, 5.41) is 7.27. The van der Waals surface area contributed by atoms with Crippen molar-refractivity contribution in [3.05, 3.63) is 0 Å². The van der Waals surface area contributed by atoms with Gasteiger partial charge in [-0.15, -0.1) is 0 Å². The predicted molar refractivity (Wildman–Crippen MR) is 90.7 cm³/mol. The fourth-order valence-electron chi connectivity index (χ4n) is 1.62. The van der Waals surface area contributed by atoms with Crippen LogP contribution in [0.15, 0.2) is 0 Å². The van der Waals surface area contributed by atoms with E-state index in [0.29, 0.717) is 0 Å². The molecule has 0 heterocycles. The highest BCUT2D eigenvalue weighted by Gasteiger charge is 2.25. The quantitative estimate of drug-likeness (QED) is 0.568. The van der Waals surface area contributed by atoms with Crippen LogP contribution >= 0.6 is 0 Å². The third kappa shape index (κ3) is 9.53. The Morgan fingerprint density at radius 3 is 1.72 bits per heavy atom. The van der Waals surface area contributed by atoms with E-state index in [9.17, 15) is 19.2 Å². The Balaban J connectivity index is 4.46. The van der Waals surface area contributed by atoms with Crippen molar-refractivity contribution >= 4 is 23.9 Å². The molecule has 3 amide bonds. The van der Waals surface area contributed by atoms with Crippen molar-refractivity contribution in [3.63, 3.8) is 0 Å². The van der Waals surface area contributed by atoms with Gasteiger partial charge in [-0.3, -0.25) is 9.59 Å². The summed E-state index contributed by atoms with van der Waals surface area (Å²) in [5.74, 6) is -1.66. The Labute approximate surface area is 148 Å². The molecule has 9 heteroatoms. The summed E-state index contributed by atoms with van der Waals surface area (Å²) in [6.07, 6.45) is -0.733. The molecule has 3 atom stereocenters. The van der Waals surface area contributed by atoms with E-state index in [0.717, 1.165) is 0 Å². The second-order valence-corrected chi connectivity index (χ2v) is 6.58. The van der Waals surface area contributed by atoms with Crippen LogP contribution in [-0.2, 0) is 23.9 Å². The molecule has 144 valence electrons. The Bertz CT molecular complexity index is 501. The number of amides is 3. The molecule has 3 N–H and O–H groups in total. The van der Waals surface area contributed by atoms with Crippen molar-refractivity contribution < 1.29 is 28.7 Å². The monoisotopic (exact) mass is 359 g/mol. The van der Waals surface area contributed by atoms with Crippen LogP contribution in [0.25, 0.3) is 0 Å². The van der Waals surface area contributed by atoms with Crippen LogP contribution in [0.3, 0.4) is 0 Å². The molecule has 0 unspecified atom stereocenters. The normalized spacial score (nSPS) is 14.5. The molecule has 0 aliphatic rings. The van der Waals surface area contributed by atoms with Crippen LogP contribution in [0.1, 0.15) is 48.5 Å². The Hall–Kier alpha value is -2.32. The van der Waals surface area contributed by atoms with Crippen molar-refractivity contribution in [2.45, 2.75) is 72.2 Å². The van der Waals surface area contributed by atoms with Gasteiger partial charge in [-0.2, -0.15) is 0 Å². The first-order chi connectivity index (χ1) is 11.4. The standard InChI is InChI=1S/C16H29N3O6/c1-8-24-14(22)11(4)18-12(20)9(2)17-13(21)10(3)19-15(23)25-16(5,6)7/h9-11H,8H2,1-7H3,(H,17,21)(H,18,20)(H,19,23)/t9-,10-,11-/m0/s1. The first kappa shape index (κ1) is 22.7. The zero-order valence-corrected chi connectivity index (χ0v) is 15.9. The Morgan fingerprint density at radius 1 is 0.840 bits per heavy atom. The Kier molecular flexibility index (Phi) is 8.94. The van der Waals surface area contributed by atoms with E-state index >= 15 is 0 Å². The number of hydrogen-bond donors (Lipinski definition) is 3. The van der Waals surface area contributed by atoms with E-state index in [1.807, 2.05) is 0 Å². The van der Waals surface area contributed by atoms with E-state index in [1.165, 1.54) is 20.8 Å². The minimum absolute atomic E-state index is 0.208. The minimum atomic E-state index is -0.896. The molecule has 0 aromatic rings. The highest BCUT2D eigenvalue weighted by atomic mass is 16.6. The molecule has 0 aliphatic heterocycles. The summed E-state index contributed by atoms with van der Waals surface area (Å²) in [6.45, 7) is 11.4. The second-order valence-electron chi connectivity index (χ2n) is 6.58. The van der Waals surface area contributed by atoms with Gasteiger partial charge in [0, 0.05) is 0 Å². The molecule has 0 fully saturated rings. The lowest BCUT2D eigenvalue weighted by Gasteiger charge is -2.23. The van der Waals surface area contributed by atoms with Crippen LogP contribution < -0.4 is 16.0 Å². The maximum absolute atomic E-state index is 12.0. The maximum Gasteiger partial charge on any atom is 0.408 e. The van der Waals surface area contributed by atoms with Gasteiger partial charge in [0.05, 0.1) is 6.61 Å². The van der Waals surface area contributed by atoms with Crippen LogP contribution in [-0.4, -0.2) is 54.2 Å². The van der Waals surface area contributed by atoms with Gasteiger partial charge in [0.1, 0.15) is 23.7 Å². The second kappa shape index (κ2) is 9.85. The minimum Gasteiger partial charge on any atom is -0.464 e. The van der Waals surface area contributed by atoms with E-state index in [1.54, 1.807) is 27.7 Å². The number of carbonyl (C=O) groups is 4. The van der Waals surface area contributed by atoms with Gasteiger partial charge in [-0.05, 0) is 48.5 Å². The van der Waals surface area contributed by atoms with Gasteiger partial charge < -0.3 is 25.4 Å². The third-order valence-corrected chi connectivity index (χ3v) is 2.88. The summed E-state index contributed by atoms with van der Waals surface area (Å²) in [4.78, 5) is 47.1. The lowest BCUT2D eigenvalue weighted by atomic mass is 10.2. The first-order valence-corrected chi connectivity index (χ1v) is 8.14. The fraction of sp³-hybridized carbons (Fsp3) is 0.750. The van der Waals surface area contributed by atoms with Crippen molar-refractivity contribution in [3.8, 4) is 0 Å². The van der Waals surface area contributed by atoms with Gasteiger partial charge in [-0.25, -0.2) is 9.59 Å². The maximum atomic E-state index is 12.0. The first-order valence-electron chi connectivity index (χ1n) is 8.14. The molecule has 25 heavy (non-hydrogen) atoms. The average molecular weight is 359 g/mol. The summed E-state index contributed by atoms with van der Waals surface area (Å²) in [6, 6.07) is -2.62. The Morgan fingerprint density at radius 2 is 1.28 bits per heavy atom. The molecular weight excluding hydrogens is 330 g/mol. The topological polar surface area (TPSA) is 123 Å². The number of carbonyl (C=O) groups excluding carboxylic acids is 4. The molecule has 0 saturated carbocycles. The van der Waals surface area contributed by atoms with Crippen molar-refractivity contribution in [1.82, 2.24) is 16.0 Å². The molecule has 0 radical (unpaired) electrons. The van der Waals surface area contributed by atoms with E-state index in [4.69, 9.17) is 9.47 Å². The van der Waals surface area contributed by atoms with Crippen molar-refractivity contribution in [1.29, 1.82) is 0 Å². The van der Waals surface area contributed by atoms with Gasteiger partial charge in [0.25, 0.3) is 0 Å². The molecule has 0 bridgehead atoms. The third-order valence-electron chi connectivity index (χ3n) is 2.88. The van der Waals surface area contributed by atoms with E-state index < -0.39 is 47.6 Å².